The lowest BCUT2D eigenvalue weighted by Crippen LogP contribution is -2.52. The highest BCUT2D eigenvalue weighted by atomic mass is 16.2. The number of nitrogens with zero attached hydrogens (tertiary/aromatic N) is 4. The molecule has 0 bridgehead atoms. The number of aliphatic imine (C=N–C) groups is 1. The highest BCUT2D eigenvalue weighted by Crippen LogP contribution is 2.26. The van der Waals surface area contributed by atoms with Gasteiger partial charge in [-0.1, -0.05) is 12.8 Å². The quantitative estimate of drug-likeness (QED) is 0.475. The third-order valence-corrected chi connectivity index (χ3v) is 6.28. The summed E-state index contributed by atoms with van der Waals surface area (Å²) in [7, 11) is 0. The number of nitrogens with one attached hydrogen (secondary N) is 2. The predicted octanol–water partition coefficient (Wildman–Crippen LogP) is 0.498. The minimum Gasteiger partial charge on any atom is -0.357 e. The normalized spacial score (nSPS) is 21.6. The van der Waals surface area contributed by atoms with Crippen LogP contribution >= 0.6 is 0 Å². The van der Waals surface area contributed by atoms with E-state index in [1.54, 1.807) is 0 Å². The zero-order chi connectivity index (χ0) is 20.5. The Balaban J connectivity index is 1.34. The van der Waals surface area contributed by atoms with Gasteiger partial charge in [0.2, 0.25) is 11.8 Å². The van der Waals surface area contributed by atoms with E-state index in [4.69, 9.17) is 0 Å². The van der Waals surface area contributed by atoms with Gasteiger partial charge in [0, 0.05) is 64.8 Å². The van der Waals surface area contributed by atoms with E-state index in [9.17, 15) is 9.59 Å². The summed E-state index contributed by atoms with van der Waals surface area (Å²) in [5.74, 6) is 1.48. The number of rotatable bonds is 7. The predicted molar refractivity (Wildman–Crippen MR) is 115 cm³/mol. The number of guanidine groups is 1. The Morgan fingerprint density at radius 1 is 0.897 bits per heavy atom. The zero-order valence-electron chi connectivity index (χ0n) is 18.0. The van der Waals surface area contributed by atoms with Gasteiger partial charge in [0.05, 0.1) is 0 Å². The molecule has 164 valence electrons. The Bertz CT molecular complexity index is 562. The van der Waals surface area contributed by atoms with Crippen molar-refractivity contribution in [3.8, 4) is 0 Å². The van der Waals surface area contributed by atoms with Crippen molar-refractivity contribution in [2.45, 2.75) is 45.4 Å². The molecule has 1 aliphatic carbocycles. The van der Waals surface area contributed by atoms with Gasteiger partial charge in [0.1, 0.15) is 6.54 Å². The number of hydrogen-bond acceptors (Lipinski definition) is 4. The monoisotopic (exact) mass is 406 g/mol. The van der Waals surface area contributed by atoms with Gasteiger partial charge in [-0.15, -0.1) is 0 Å². The molecular formula is C21H38N6O2. The molecule has 3 fully saturated rings. The molecular weight excluding hydrogens is 368 g/mol. The molecule has 3 aliphatic rings. The van der Waals surface area contributed by atoms with Crippen molar-refractivity contribution in [2.24, 2.45) is 10.9 Å². The fraction of sp³-hybridized carbons (Fsp3) is 0.857. The molecule has 29 heavy (non-hydrogen) atoms. The second-order valence-electron chi connectivity index (χ2n) is 8.36. The van der Waals surface area contributed by atoms with Gasteiger partial charge < -0.3 is 20.4 Å². The fourth-order valence-corrected chi connectivity index (χ4v) is 4.51. The summed E-state index contributed by atoms with van der Waals surface area (Å²) in [6.07, 6.45) is 6.79. The van der Waals surface area contributed by atoms with Crippen LogP contribution in [0.3, 0.4) is 0 Å². The standard InChI is InChI=1S/C21H38N6O2/c1-2-22-21(24-17-19(28)26-10-5-6-11-26)23-9-12-25-13-15-27(16-14-25)20(29)18-7-3-4-8-18/h18H,2-17H2,1H3,(H2,22,23,24). The molecule has 0 aromatic carbocycles. The van der Waals surface area contributed by atoms with E-state index in [0.717, 1.165) is 84.6 Å². The van der Waals surface area contributed by atoms with E-state index in [2.05, 4.69) is 25.4 Å². The molecule has 1 saturated carbocycles. The van der Waals surface area contributed by atoms with Crippen molar-refractivity contribution in [3.05, 3.63) is 0 Å². The first kappa shape index (κ1) is 21.9. The second kappa shape index (κ2) is 11.4. The van der Waals surface area contributed by atoms with Crippen LogP contribution in [0.4, 0.5) is 0 Å². The van der Waals surface area contributed by atoms with Gasteiger partial charge in [-0.3, -0.25) is 14.5 Å². The fourth-order valence-electron chi connectivity index (χ4n) is 4.51. The smallest absolute Gasteiger partial charge is 0.244 e. The van der Waals surface area contributed by atoms with E-state index in [1.807, 2.05) is 11.8 Å². The van der Waals surface area contributed by atoms with E-state index in [0.29, 0.717) is 11.9 Å². The highest BCUT2D eigenvalue weighted by Gasteiger charge is 2.29. The summed E-state index contributed by atoms with van der Waals surface area (Å²) in [5.41, 5.74) is 0. The van der Waals surface area contributed by atoms with Crippen LogP contribution < -0.4 is 10.6 Å². The first-order chi connectivity index (χ1) is 14.2. The molecule has 0 radical (unpaired) electrons. The lowest BCUT2D eigenvalue weighted by atomic mass is 10.1. The maximum atomic E-state index is 12.5. The average Bonchev–Trinajstić information content (AvgIpc) is 3.46. The number of carbonyl (C=O) groups excluding carboxylic acids is 2. The molecule has 2 aliphatic heterocycles. The SMILES string of the molecule is CCNC(=NCC(=O)N1CCCC1)NCCN1CCN(C(=O)C2CCCC2)CC1. The number of amides is 2. The van der Waals surface area contributed by atoms with Crippen molar-refractivity contribution in [2.75, 3.05) is 65.4 Å². The van der Waals surface area contributed by atoms with Gasteiger partial charge >= 0.3 is 0 Å². The topological polar surface area (TPSA) is 80.3 Å². The lowest BCUT2D eigenvalue weighted by Gasteiger charge is -2.36. The van der Waals surface area contributed by atoms with Crippen LogP contribution in [0.1, 0.15) is 45.4 Å². The molecule has 2 amide bonds. The first-order valence-electron chi connectivity index (χ1n) is 11.5. The average molecular weight is 407 g/mol. The number of carbonyl (C=O) groups is 2. The van der Waals surface area contributed by atoms with Gasteiger partial charge in [0.15, 0.2) is 5.96 Å². The Morgan fingerprint density at radius 2 is 1.59 bits per heavy atom. The van der Waals surface area contributed by atoms with Crippen LogP contribution in [-0.2, 0) is 9.59 Å². The maximum absolute atomic E-state index is 12.5. The molecule has 3 rings (SSSR count). The summed E-state index contributed by atoms with van der Waals surface area (Å²) < 4.78 is 0. The van der Waals surface area contributed by atoms with Crippen LogP contribution in [0.25, 0.3) is 0 Å². The first-order valence-corrected chi connectivity index (χ1v) is 11.5. The lowest BCUT2D eigenvalue weighted by molar-refractivity contribution is -0.137. The molecule has 2 N–H and O–H groups in total. The Hall–Kier alpha value is -1.83. The van der Waals surface area contributed by atoms with Crippen molar-refractivity contribution in [1.82, 2.24) is 25.3 Å². The van der Waals surface area contributed by atoms with Crippen molar-refractivity contribution >= 4 is 17.8 Å². The third kappa shape index (κ3) is 6.59. The molecule has 8 nitrogen and oxygen atoms in total. The van der Waals surface area contributed by atoms with Crippen molar-refractivity contribution < 1.29 is 9.59 Å². The van der Waals surface area contributed by atoms with Crippen LogP contribution in [-0.4, -0.2) is 97.9 Å². The Kier molecular flexibility index (Phi) is 8.58. The molecule has 0 aromatic rings. The molecule has 0 spiro atoms. The van der Waals surface area contributed by atoms with Crippen LogP contribution in [0.5, 0.6) is 0 Å². The summed E-state index contributed by atoms with van der Waals surface area (Å²) in [6, 6.07) is 0. The number of likely N-dealkylation sites (tertiary alicyclic amines) is 1. The van der Waals surface area contributed by atoms with Gasteiger partial charge in [-0.25, -0.2) is 4.99 Å². The third-order valence-electron chi connectivity index (χ3n) is 6.28. The minimum absolute atomic E-state index is 0.114. The van der Waals surface area contributed by atoms with E-state index in [-0.39, 0.29) is 18.4 Å². The van der Waals surface area contributed by atoms with E-state index in [1.165, 1.54) is 12.8 Å². The maximum Gasteiger partial charge on any atom is 0.244 e. The van der Waals surface area contributed by atoms with Crippen LogP contribution in [0.2, 0.25) is 0 Å². The minimum atomic E-state index is 0.114. The number of hydrogen-bond donors (Lipinski definition) is 2. The van der Waals surface area contributed by atoms with E-state index < -0.39 is 0 Å². The zero-order valence-corrected chi connectivity index (χ0v) is 18.0. The largest absolute Gasteiger partial charge is 0.357 e. The van der Waals surface area contributed by atoms with Crippen molar-refractivity contribution in [1.29, 1.82) is 0 Å². The second-order valence-corrected chi connectivity index (χ2v) is 8.36. The molecule has 2 saturated heterocycles. The van der Waals surface area contributed by atoms with Gasteiger partial charge in [0.25, 0.3) is 0 Å². The van der Waals surface area contributed by atoms with Gasteiger partial charge in [-0.05, 0) is 32.6 Å². The van der Waals surface area contributed by atoms with Crippen molar-refractivity contribution in [3.63, 3.8) is 0 Å². The van der Waals surface area contributed by atoms with E-state index >= 15 is 0 Å². The summed E-state index contributed by atoms with van der Waals surface area (Å²) in [5, 5.41) is 6.55. The molecule has 8 heteroatoms. The number of piperazine rings is 1. The van der Waals surface area contributed by atoms with Crippen LogP contribution in [0, 0.1) is 5.92 Å². The molecule has 0 unspecified atom stereocenters. The van der Waals surface area contributed by atoms with Gasteiger partial charge in [-0.2, -0.15) is 0 Å². The molecule has 0 aromatic heterocycles. The molecule has 0 atom stereocenters. The highest BCUT2D eigenvalue weighted by molar-refractivity contribution is 5.85. The van der Waals surface area contributed by atoms with Crippen LogP contribution in [0.15, 0.2) is 4.99 Å². The molecule has 2 heterocycles. The summed E-state index contributed by atoms with van der Waals surface area (Å²) >= 11 is 0. The summed E-state index contributed by atoms with van der Waals surface area (Å²) in [6.45, 7) is 9.98. The Labute approximate surface area is 175 Å². The Morgan fingerprint density at radius 3 is 2.24 bits per heavy atom. The summed E-state index contributed by atoms with van der Waals surface area (Å²) in [4.78, 5) is 35.5.